The molecule has 4 heteroatoms. The molecule has 0 amide bonds. The Bertz CT molecular complexity index is 356. The van der Waals surface area contributed by atoms with Crippen LogP contribution in [0.3, 0.4) is 0 Å². The van der Waals surface area contributed by atoms with Crippen molar-refractivity contribution in [3.8, 4) is 0 Å². The Balaban J connectivity index is 3.28. The molecule has 0 atom stereocenters. The first kappa shape index (κ1) is 22.9. The smallest absolute Gasteiger partial charge is 0.289 e. The monoisotopic (exact) mass is 346 g/mol. The van der Waals surface area contributed by atoms with E-state index in [-0.39, 0.29) is 0 Å². The van der Waals surface area contributed by atoms with E-state index < -0.39 is 18.4 Å². The van der Waals surface area contributed by atoms with E-state index in [9.17, 15) is 18.0 Å². The minimum absolute atomic E-state index is 0.531. The Morgan fingerprint density at radius 1 is 0.708 bits per heavy atom. The molecule has 1 nitrogen and oxygen atoms in total. The molecule has 0 aliphatic rings. The highest BCUT2D eigenvalue weighted by atomic mass is 19.4. The molecule has 0 unspecified atom stereocenters. The molecule has 0 saturated heterocycles. The number of ketones is 1. The van der Waals surface area contributed by atoms with Crippen LogP contribution in [0.15, 0.2) is 24.3 Å². The maximum absolute atomic E-state index is 12.0. The number of hydrogen-bond acceptors (Lipinski definition) is 1. The molecule has 24 heavy (non-hydrogen) atoms. The topological polar surface area (TPSA) is 17.1 Å². The van der Waals surface area contributed by atoms with Crippen molar-refractivity contribution in [2.45, 2.75) is 96.6 Å². The lowest BCUT2D eigenvalue weighted by molar-refractivity contribution is -0.170. The van der Waals surface area contributed by atoms with E-state index in [1.807, 2.05) is 0 Å². The van der Waals surface area contributed by atoms with E-state index in [0.717, 1.165) is 19.3 Å². The van der Waals surface area contributed by atoms with Crippen molar-refractivity contribution in [2.75, 3.05) is 0 Å². The highest BCUT2D eigenvalue weighted by Gasteiger charge is 2.36. The summed E-state index contributed by atoms with van der Waals surface area (Å²) < 4.78 is 35.9. The molecule has 0 aromatic rings. The van der Waals surface area contributed by atoms with Gasteiger partial charge in [0.15, 0.2) is 0 Å². The fraction of sp³-hybridized carbons (Fsp3) is 0.750. The number of Topliss-reactive ketones (excluding diaryl/α,β-unsaturated/α-hetero) is 1. The zero-order chi connectivity index (χ0) is 18.1. The predicted octanol–water partition coefficient (Wildman–Crippen LogP) is 7.32. The van der Waals surface area contributed by atoms with E-state index in [4.69, 9.17) is 0 Å². The Morgan fingerprint density at radius 2 is 1.12 bits per heavy atom. The summed E-state index contributed by atoms with van der Waals surface area (Å²) in [5.41, 5.74) is 0. The summed E-state index contributed by atoms with van der Waals surface area (Å²) in [6.45, 7) is 2.21. The van der Waals surface area contributed by atoms with Crippen LogP contribution in [0, 0.1) is 0 Å². The quantitative estimate of drug-likeness (QED) is 0.224. The molecule has 0 N–H and O–H groups in total. The fourth-order valence-corrected chi connectivity index (χ4v) is 2.39. The van der Waals surface area contributed by atoms with Gasteiger partial charge >= 0.3 is 6.18 Å². The maximum Gasteiger partial charge on any atom is 0.450 e. The van der Waals surface area contributed by atoms with Gasteiger partial charge in [-0.1, -0.05) is 76.2 Å². The zero-order valence-electron chi connectivity index (χ0n) is 15.0. The molecule has 0 aromatic carbocycles. The van der Waals surface area contributed by atoms with E-state index in [1.54, 1.807) is 6.08 Å². The van der Waals surface area contributed by atoms with E-state index in [2.05, 4.69) is 19.1 Å². The van der Waals surface area contributed by atoms with Crippen LogP contribution >= 0.6 is 0 Å². The summed E-state index contributed by atoms with van der Waals surface area (Å²) in [4.78, 5) is 10.6. The molecule has 140 valence electrons. The Hall–Kier alpha value is -1.06. The number of hydrogen-bond donors (Lipinski definition) is 0. The van der Waals surface area contributed by atoms with Crippen LogP contribution < -0.4 is 0 Å². The van der Waals surface area contributed by atoms with Crippen LogP contribution in [-0.4, -0.2) is 12.0 Å². The predicted molar refractivity (Wildman–Crippen MR) is 95.0 cm³/mol. The van der Waals surface area contributed by atoms with Gasteiger partial charge in [0.2, 0.25) is 5.78 Å². The second-order valence-corrected chi connectivity index (χ2v) is 6.26. The van der Waals surface area contributed by atoms with Gasteiger partial charge in [-0.15, -0.1) is 0 Å². The molecular formula is C20H33F3O. The summed E-state index contributed by atoms with van der Waals surface area (Å²) in [5.74, 6) is -1.67. The Morgan fingerprint density at radius 3 is 1.58 bits per heavy atom. The molecule has 0 bridgehead atoms. The lowest BCUT2D eigenvalue weighted by Crippen LogP contribution is -2.21. The van der Waals surface area contributed by atoms with Gasteiger partial charge in [-0.25, -0.2) is 0 Å². The number of carbonyl (C=O) groups excluding carboxylic acids is 1. The number of allylic oxidation sites excluding steroid dienone is 4. The van der Waals surface area contributed by atoms with Crippen LogP contribution in [0.2, 0.25) is 0 Å². The molecule has 0 radical (unpaired) electrons. The van der Waals surface area contributed by atoms with Crippen LogP contribution in [0.5, 0.6) is 0 Å². The molecule has 0 saturated carbocycles. The highest BCUT2D eigenvalue weighted by molar-refractivity contribution is 5.85. The highest BCUT2D eigenvalue weighted by Crippen LogP contribution is 2.18. The van der Waals surface area contributed by atoms with Crippen molar-refractivity contribution < 1.29 is 18.0 Å². The average Bonchev–Trinajstić information content (AvgIpc) is 2.53. The third-order valence-corrected chi connectivity index (χ3v) is 3.92. The van der Waals surface area contributed by atoms with Crippen molar-refractivity contribution >= 4 is 5.78 Å². The van der Waals surface area contributed by atoms with Gasteiger partial charge in [-0.2, -0.15) is 13.2 Å². The summed E-state index contributed by atoms with van der Waals surface area (Å²) in [7, 11) is 0. The lowest BCUT2D eigenvalue weighted by Gasteiger charge is -2.01. The number of alkyl halides is 3. The minimum Gasteiger partial charge on any atom is -0.289 e. The SMILES string of the molecule is CCCC/C=C\CCCCCCCCC/C=C/CC(=O)C(F)(F)F. The summed E-state index contributed by atoms with van der Waals surface area (Å²) >= 11 is 0. The van der Waals surface area contributed by atoms with Gasteiger partial charge < -0.3 is 0 Å². The number of halogens is 3. The molecule has 0 fully saturated rings. The van der Waals surface area contributed by atoms with E-state index in [0.29, 0.717) is 0 Å². The summed E-state index contributed by atoms with van der Waals surface area (Å²) in [6.07, 6.45) is 16.4. The lowest BCUT2D eigenvalue weighted by atomic mass is 10.1. The van der Waals surface area contributed by atoms with Crippen molar-refractivity contribution in [2.24, 2.45) is 0 Å². The molecule has 0 rings (SSSR count). The molecule has 0 aliphatic heterocycles. The normalized spacial score (nSPS) is 12.5. The van der Waals surface area contributed by atoms with E-state index in [1.165, 1.54) is 63.9 Å². The third kappa shape index (κ3) is 15.8. The standard InChI is InChI=1S/C20H33F3O/c1-2-3-4-5-6-7-8-9-10-11-12-13-14-15-16-17-18-19(24)20(21,22)23/h5-6,16-17H,2-4,7-15,18H2,1H3/b6-5-,17-16+. The van der Waals surface area contributed by atoms with Crippen molar-refractivity contribution in [3.05, 3.63) is 24.3 Å². The molecule has 0 spiro atoms. The molecule has 0 aliphatic carbocycles. The Labute approximate surface area is 145 Å². The van der Waals surface area contributed by atoms with Crippen molar-refractivity contribution in [3.63, 3.8) is 0 Å². The zero-order valence-corrected chi connectivity index (χ0v) is 15.0. The van der Waals surface area contributed by atoms with Gasteiger partial charge in [0.05, 0.1) is 0 Å². The van der Waals surface area contributed by atoms with Crippen molar-refractivity contribution in [1.82, 2.24) is 0 Å². The van der Waals surface area contributed by atoms with Crippen LogP contribution in [-0.2, 0) is 4.79 Å². The van der Waals surface area contributed by atoms with Gasteiger partial charge in [-0.05, 0) is 32.1 Å². The summed E-state index contributed by atoms with van der Waals surface area (Å²) in [5, 5.41) is 0. The number of rotatable bonds is 15. The first-order chi connectivity index (χ1) is 11.5. The van der Waals surface area contributed by atoms with Crippen LogP contribution in [0.4, 0.5) is 13.2 Å². The average molecular weight is 346 g/mol. The van der Waals surface area contributed by atoms with Crippen LogP contribution in [0.1, 0.15) is 90.4 Å². The second-order valence-electron chi connectivity index (χ2n) is 6.26. The molecular weight excluding hydrogens is 313 g/mol. The van der Waals surface area contributed by atoms with E-state index >= 15 is 0 Å². The largest absolute Gasteiger partial charge is 0.450 e. The van der Waals surface area contributed by atoms with Gasteiger partial charge in [-0.3, -0.25) is 4.79 Å². The minimum atomic E-state index is -4.70. The maximum atomic E-state index is 12.0. The first-order valence-corrected chi connectivity index (χ1v) is 9.38. The third-order valence-electron chi connectivity index (χ3n) is 3.92. The first-order valence-electron chi connectivity index (χ1n) is 9.38. The van der Waals surface area contributed by atoms with Crippen LogP contribution in [0.25, 0.3) is 0 Å². The fourth-order valence-electron chi connectivity index (χ4n) is 2.39. The number of carbonyl (C=O) groups is 1. The van der Waals surface area contributed by atoms with Crippen molar-refractivity contribution in [1.29, 1.82) is 0 Å². The Kier molecular flexibility index (Phi) is 14.8. The molecule has 0 heterocycles. The second kappa shape index (κ2) is 15.5. The van der Waals surface area contributed by atoms with Gasteiger partial charge in [0.25, 0.3) is 0 Å². The van der Waals surface area contributed by atoms with Gasteiger partial charge in [0.1, 0.15) is 0 Å². The molecule has 0 aromatic heterocycles. The summed E-state index contributed by atoms with van der Waals surface area (Å²) in [6, 6.07) is 0. The van der Waals surface area contributed by atoms with Gasteiger partial charge in [0, 0.05) is 6.42 Å². The number of unbranched alkanes of at least 4 members (excludes halogenated alkanes) is 10.